The van der Waals surface area contributed by atoms with E-state index in [0.717, 1.165) is 32.7 Å². The molecular formula is C47H29N3O. The van der Waals surface area contributed by atoms with Crippen molar-refractivity contribution in [2.24, 2.45) is 0 Å². The van der Waals surface area contributed by atoms with Crippen molar-refractivity contribution in [1.29, 1.82) is 0 Å². The first kappa shape index (κ1) is 20.6. The fourth-order valence-electron chi connectivity index (χ4n) is 6.62. The topological polar surface area (TPSA) is 51.8 Å². The lowest BCUT2D eigenvalue weighted by Crippen LogP contribution is -2.00. The summed E-state index contributed by atoms with van der Waals surface area (Å²) in [5.74, 6) is 1.26. The van der Waals surface area contributed by atoms with E-state index in [9.17, 15) is 0 Å². The average Bonchev–Trinajstić information content (AvgIpc) is 3.67. The van der Waals surface area contributed by atoms with Crippen LogP contribution in [0.5, 0.6) is 0 Å². The van der Waals surface area contributed by atoms with E-state index >= 15 is 0 Å². The smallest absolute Gasteiger partial charge is 0.164 e. The summed E-state index contributed by atoms with van der Waals surface area (Å²) >= 11 is 0. The third-order valence-corrected chi connectivity index (χ3v) is 9.06. The third kappa shape index (κ3) is 5.13. The lowest BCUT2D eigenvalue weighted by atomic mass is 9.95. The Labute approximate surface area is 308 Å². The monoisotopic (exact) mass is 661 g/mol. The predicted molar refractivity (Wildman–Crippen MR) is 209 cm³/mol. The summed E-state index contributed by atoms with van der Waals surface area (Å²) in [6.45, 7) is 0. The highest BCUT2D eigenvalue weighted by Crippen LogP contribution is 2.41. The number of hydrogen-bond donors (Lipinski definition) is 0. The zero-order chi connectivity index (χ0) is 42.4. The van der Waals surface area contributed by atoms with Crippen molar-refractivity contribution in [3.63, 3.8) is 0 Å². The maximum Gasteiger partial charge on any atom is 0.164 e. The minimum absolute atomic E-state index is 0.0895. The second-order valence-corrected chi connectivity index (χ2v) is 12.1. The Hall–Kier alpha value is -6.91. The van der Waals surface area contributed by atoms with Crippen LogP contribution >= 0.6 is 0 Å². The molecule has 0 amide bonds. The van der Waals surface area contributed by atoms with Gasteiger partial charge in [0.05, 0.1) is 13.7 Å². The normalized spacial score (nSPS) is 14.3. The lowest BCUT2D eigenvalue weighted by molar-refractivity contribution is 0.670. The summed E-state index contributed by atoms with van der Waals surface area (Å²) in [7, 11) is 0. The van der Waals surface area contributed by atoms with Crippen LogP contribution in [-0.2, 0) is 0 Å². The molecule has 4 heteroatoms. The van der Waals surface area contributed by atoms with E-state index in [1.807, 2.05) is 54.6 Å². The molecule has 51 heavy (non-hydrogen) atoms. The largest absolute Gasteiger partial charge is 0.455 e. The van der Waals surface area contributed by atoms with E-state index in [4.69, 9.17) is 33.1 Å². The molecule has 10 aromatic rings. The zero-order valence-corrected chi connectivity index (χ0v) is 26.7. The highest BCUT2D eigenvalue weighted by molar-refractivity contribution is 6.12. The Balaban J connectivity index is 1.21. The van der Waals surface area contributed by atoms with Crippen LogP contribution in [0.1, 0.15) is 13.7 Å². The van der Waals surface area contributed by atoms with Gasteiger partial charge in [0, 0.05) is 33.0 Å². The standard InChI is InChI=1S/C47H29N3O/c1-4-12-30(13-5-1)37-27-41(31-14-6-2-7-15-31)44-42(28-37)39-25-24-36(29-43(39)51-44)47-49-45(34-17-8-3-9-18-34)48-46(50-47)35-23-22-33-21-20-32-16-10-11-19-38(32)40(33)26-35/h1-29H/i1D,2D,4D,5D,6D,7D,12D,13D,14D,15D. The van der Waals surface area contributed by atoms with Gasteiger partial charge in [-0.25, -0.2) is 15.0 Å². The first-order valence-corrected chi connectivity index (χ1v) is 16.3. The lowest BCUT2D eigenvalue weighted by Gasteiger charge is -2.10. The second-order valence-electron chi connectivity index (χ2n) is 12.1. The molecule has 0 N–H and O–H groups in total. The van der Waals surface area contributed by atoms with E-state index in [2.05, 4.69) is 36.4 Å². The molecule has 8 aromatic carbocycles. The summed E-state index contributed by atoms with van der Waals surface area (Å²) in [6.07, 6.45) is 0. The molecule has 0 spiro atoms. The molecule has 2 aromatic heterocycles. The highest BCUT2D eigenvalue weighted by Gasteiger charge is 2.18. The number of hydrogen-bond acceptors (Lipinski definition) is 4. The predicted octanol–water partition coefficient (Wildman–Crippen LogP) is 12.4. The Morgan fingerprint density at radius 3 is 1.75 bits per heavy atom. The maximum absolute atomic E-state index is 8.86. The molecule has 0 atom stereocenters. The zero-order valence-electron chi connectivity index (χ0n) is 36.7. The van der Waals surface area contributed by atoms with Crippen molar-refractivity contribution < 1.29 is 18.1 Å². The molecule has 0 saturated carbocycles. The van der Waals surface area contributed by atoms with Gasteiger partial charge in [-0.1, -0.05) is 145 Å². The third-order valence-electron chi connectivity index (χ3n) is 9.06. The molecule has 238 valence electrons. The first-order chi connectivity index (χ1) is 29.4. The second kappa shape index (κ2) is 11.9. The Kier molecular flexibility index (Phi) is 4.80. The van der Waals surface area contributed by atoms with E-state index < -0.39 is 60.4 Å². The Bertz CT molecular complexity index is 3440. The van der Waals surface area contributed by atoms with Crippen LogP contribution in [0.3, 0.4) is 0 Å². The summed E-state index contributed by atoms with van der Waals surface area (Å²) in [6, 6.07) is 31.3. The molecule has 0 unspecified atom stereocenters. The van der Waals surface area contributed by atoms with Gasteiger partial charge in [0.25, 0.3) is 0 Å². The van der Waals surface area contributed by atoms with E-state index in [0.29, 0.717) is 39.4 Å². The van der Waals surface area contributed by atoms with Gasteiger partial charge in [-0.15, -0.1) is 0 Å². The molecule has 0 saturated heterocycles. The van der Waals surface area contributed by atoms with Gasteiger partial charge in [0.15, 0.2) is 17.5 Å². The van der Waals surface area contributed by atoms with Gasteiger partial charge in [-0.2, -0.15) is 0 Å². The van der Waals surface area contributed by atoms with Crippen molar-refractivity contribution in [3.05, 3.63) is 176 Å². The minimum atomic E-state index is -0.574. The molecule has 10 rings (SSSR count). The van der Waals surface area contributed by atoms with Crippen molar-refractivity contribution in [1.82, 2.24) is 15.0 Å². The van der Waals surface area contributed by atoms with E-state index in [-0.39, 0.29) is 27.8 Å². The fourth-order valence-corrected chi connectivity index (χ4v) is 6.62. The van der Waals surface area contributed by atoms with Gasteiger partial charge in [-0.05, 0) is 68.6 Å². The average molecular weight is 662 g/mol. The number of benzene rings is 8. The minimum Gasteiger partial charge on any atom is -0.455 e. The van der Waals surface area contributed by atoms with Crippen LogP contribution in [0.15, 0.2) is 180 Å². The van der Waals surface area contributed by atoms with Gasteiger partial charge in [0.2, 0.25) is 0 Å². The van der Waals surface area contributed by atoms with Crippen molar-refractivity contribution in [2.45, 2.75) is 0 Å². The number of fused-ring (bicyclic) bond motifs is 6. The van der Waals surface area contributed by atoms with Gasteiger partial charge >= 0.3 is 0 Å². The number of aromatic nitrogens is 3. The van der Waals surface area contributed by atoms with Crippen molar-refractivity contribution in [3.8, 4) is 56.4 Å². The number of nitrogens with zero attached hydrogens (tertiary/aromatic N) is 3. The summed E-state index contributed by atoms with van der Waals surface area (Å²) < 4.78 is 91.7. The Morgan fingerprint density at radius 2 is 0.980 bits per heavy atom. The molecular weight excluding hydrogens is 623 g/mol. The van der Waals surface area contributed by atoms with Crippen LogP contribution in [0.2, 0.25) is 0 Å². The molecule has 0 aliphatic carbocycles. The van der Waals surface area contributed by atoms with Crippen LogP contribution in [0, 0.1) is 0 Å². The molecule has 0 fully saturated rings. The van der Waals surface area contributed by atoms with E-state index in [1.54, 1.807) is 18.2 Å². The molecule has 0 aliphatic rings. The van der Waals surface area contributed by atoms with Crippen molar-refractivity contribution in [2.75, 3.05) is 0 Å². The van der Waals surface area contributed by atoms with Crippen LogP contribution in [-0.4, -0.2) is 15.0 Å². The summed E-state index contributed by atoms with van der Waals surface area (Å²) in [4.78, 5) is 14.9. The molecule has 4 nitrogen and oxygen atoms in total. The van der Waals surface area contributed by atoms with Crippen LogP contribution < -0.4 is 0 Å². The molecule has 0 radical (unpaired) electrons. The highest BCUT2D eigenvalue weighted by atomic mass is 16.3. The quantitative estimate of drug-likeness (QED) is 0.172. The van der Waals surface area contributed by atoms with Crippen LogP contribution in [0.25, 0.3) is 99.9 Å². The summed E-state index contributed by atoms with van der Waals surface area (Å²) in [5.41, 5.74) is 2.66. The van der Waals surface area contributed by atoms with Gasteiger partial charge in [0.1, 0.15) is 11.2 Å². The van der Waals surface area contributed by atoms with Gasteiger partial charge in [-0.3, -0.25) is 0 Å². The van der Waals surface area contributed by atoms with Crippen molar-refractivity contribution >= 4 is 43.5 Å². The first-order valence-electron chi connectivity index (χ1n) is 21.3. The number of rotatable bonds is 5. The van der Waals surface area contributed by atoms with Crippen LogP contribution in [0.4, 0.5) is 0 Å². The van der Waals surface area contributed by atoms with E-state index in [1.165, 1.54) is 6.07 Å². The molecule has 0 bridgehead atoms. The Morgan fingerprint density at radius 1 is 0.392 bits per heavy atom. The molecule has 0 aliphatic heterocycles. The fraction of sp³-hybridized carbons (Fsp3) is 0. The molecule has 2 heterocycles. The van der Waals surface area contributed by atoms with Gasteiger partial charge < -0.3 is 4.42 Å². The SMILES string of the molecule is [2H]c1c([2H])c([2H])c(-c2cc(-c3c([2H])c([2H])c([2H])c([2H])c3[2H])c3oc4cc(-c5nc(-c6ccccc6)nc(-c6ccc7ccc8ccccc8c7c6)n5)ccc4c3c2)c([2H])c1[2H]. The maximum atomic E-state index is 8.86. The number of furan rings is 1. The summed E-state index contributed by atoms with van der Waals surface area (Å²) in [5, 5.41) is 5.33.